The van der Waals surface area contributed by atoms with E-state index < -0.39 is 39.9 Å². The molecule has 6 N–H and O–H groups in total. The molecule has 0 spiro atoms. The normalized spacial score (nSPS) is 12.0. The van der Waals surface area contributed by atoms with E-state index in [1.54, 1.807) is 6.92 Å². The summed E-state index contributed by atoms with van der Waals surface area (Å²) < 4.78 is 42.5. The molecule has 35 heavy (non-hydrogen) atoms. The van der Waals surface area contributed by atoms with Gasteiger partial charge in [-0.1, -0.05) is 13.0 Å². The molecule has 1 aromatic carbocycles. The molecule has 13 heteroatoms. The van der Waals surface area contributed by atoms with Crippen LogP contribution in [0.25, 0.3) is 0 Å². The number of aryl methyl sites for hydroxylation is 2. The van der Waals surface area contributed by atoms with Crippen LogP contribution in [0, 0.1) is 12.7 Å². The van der Waals surface area contributed by atoms with Crippen molar-refractivity contribution in [2.75, 3.05) is 11.3 Å². The van der Waals surface area contributed by atoms with Gasteiger partial charge in [-0.15, -0.1) is 0 Å². The van der Waals surface area contributed by atoms with Crippen molar-refractivity contribution in [1.82, 2.24) is 9.88 Å². The van der Waals surface area contributed by atoms with Gasteiger partial charge in [-0.25, -0.2) is 12.8 Å². The summed E-state index contributed by atoms with van der Waals surface area (Å²) in [6.45, 7) is 3.11. The number of halogens is 1. The molecule has 0 aliphatic rings. The second-order valence-electron chi connectivity index (χ2n) is 7.76. The molecule has 0 saturated heterocycles. The molecule has 0 aliphatic heterocycles. The first-order valence-corrected chi connectivity index (χ1v) is 12.3. The van der Waals surface area contributed by atoms with Gasteiger partial charge < -0.3 is 26.1 Å². The second kappa shape index (κ2) is 12.1. The Bertz CT molecular complexity index is 1270. The third kappa shape index (κ3) is 7.64. The number of pyridine rings is 1. The van der Waals surface area contributed by atoms with Gasteiger partial charge in [0.2, 0.25) is 5.91 Å². The Morgan fingerprint density at radius 1 is 1.26 bits per heavy atom. The number of nitrogens with two attached hydrogens (primary N) is 2. The van der Waals surface area contributed by atoms with Crippen LogP contribution in [0.4, 0.5) is 10.1 Å². The minimum atomic E-state index is -4.27. The van der Waals surface area contributed by atoms with Crippen LogP contribution in [0.5, 0.6) is 0 Å². The third-order valence-electron chi connectivity index (χ3n) is 5.09. The number of aliphatic imine (C=N–C) groups is 1. The highest BCUT2D eigenvalue weighted by atomic mass is 32.2. The monoisotopic (exact) mass is 508 g/mol. The molecule has 0 fully saturated rings. The highest BCUT2D eigenvalue weighted by Gasteiger charge is 2.21. The molecule has 190 valence electrons. The summed E-state index contributed by atoms with van der Waals surface area (Å²) in [7, 11) is -4.27. The largest absolute Gasteiger partial charge is 0.370 e. The maximum absolute atomic E-state index is 13.6. The molecule has 0 saturated carbocycles. The number of nitrogens with one attached hydrogen (secondary N) is 2. The predicted octanol–water partition coefficient (Wildman–Crippen LogP) is 0.396. The van der Waals surface area contributed by atoms with Gasteiger partial charge in [-0.2, -0.15) is 0 Å². The van der Waals surface area contributed by atoms with Gasteiger partial charge in [0, 0.05) is 12.2 Å². The maximum atomic E-state index is 13.6. The quantitative estimate of drug-likeness (QED) is 0.139. The van der Waals surface area contributed by atoms with Crippen LogP contribution in [0.3, 0.4) is 0 Å². The van der Waals surface area contributed by atoms with E-state index in [0.29, 0.717) is 30.4 Å². The Morgan fingerprint density at radius 3 is 2.60 bits per heavy atom. The van der Waals surface area contributed by atoms with Gasteiger partial charge >= 0.3 is 0 Å². The molecule has 1 unspecified atom stereocenters. The topological polar surface area (TPSA) is 179 Å². The highest BCUT2D eigenvalue weighted by molar-refractivity contribution is 7.92. The minimum Gasteiger partial charge on any atom is -0.370 e. The summed E-state index contributed by atoms with van der Waals surface area (Å²) in [5.74, 6) is -1.43. The average molecular weight is 509 g/mol. The molecule has 1 heterocycles. The number of carbonyl (C=O) groups is 2. The molecular weight excluding hydrogens is 479 g/mol. The zero-order valence-electron chi connectivity index (χ0n) is 19.5. The lowest BCUT2D eigenvalue weighted by Crippen LogP contribution is -2.41. The van der Waals surface area contributed by atoms with E-state index in [-0.39, 0.29) is 29.5 Å². The summed E-state index contributed by atoms with van der Waals surface area (Å²) in [5.41, 5.74) is 10.2. The van der Waals surface area contributed by atoms with Crippen LogP contribution in [-0.4, -0.2) is 43.7 Å². The fraction of sp³-hybridized carbons (Fsp3) is 0.364. The predicted molar refractivity (Wildman–Crippen MR) is 130 cm³/mol. The van der Waals surface area contributed by atoms with E-state index in [4.69, 9.17) is 11.5 Å². The standard InChI is InChI=1S/C22H29FN6O5S/c1-3-17-8-9-18(28-35(33,34)19-11-15(23)7-6-14(19)2)21(32)29(17)12-20(31)27-16(13-30)5-4-10-26-22(24)25/h6-9,11,13,16,28H,3-5,10,12H2,1-2H3,(H,27,31)(H4,24,25,26). The molecule has 1 atom stereocenters. The molecule has 2 rings (SSSR count). The summed E-state index contributed by atoms with van der Waals surface area (Å²) in [6, 6.07) is 5.29. The van der Waals surface area contributed by atoms with Gasteiger partial charge in [0.1, 0.15) is 24.3 Å². The van der Waals surface area contributed by atoms with Crippen molar-refractivity contribution in [2.24, 2.45) is 16.5 Å². The number of carbonyl (C=O) groups excluding carboxylic acids is 2. The van der Waals surface area contributed by atoms with Crippen molar-refractivity contribution in [3.8, 4) is 0 Å². The van der Waals surface area contributed by atoms with Crippen LogP contribution in [-0.2, 0) is 32.6 Å². The van der Waals surface area contributed by atoms with Crippen LogP contribution in [0.1, 0.15) is 31.0 Å². The SMILES string of the molecule is CCc1ccc(NS(=O)(=O)c2cc(F)ccc2C)c(=O)n1CC(=O)NC(C=O)CCCN=C(N)N. The molecule has 1 aromatic heterocycles. The van der Waals surface area contributed by atoms with Crippen molar-refractivity contribution in [2.45, 2.75) is 50.6 Å². The van der Waals surface area contributed by atoms with Crippen molar-refractivity contribution >= 4 is 33.9 Å². The number of nitrogens with zero attached hydrogens (tertiary/aromatic N) is 2. The second-order valence-corrected chi connectivity index (χ2v) is 9.41. The summed E-state index contributed by atoms with van der Waals surface area (Å²) in [5, 5.41) is 2.53. The fourth-order valence-electron chi connectivity index (χ4n) is 3.33. The average Bonchev–Trinajstić information content (AvgIpc) is 2.79. The van der Waals surface area contributed by atoms with Gasteiger partial charge in [0.05, 0.1) is 10.9 Å². The number of benzene rings is 1. The number of rotatable bonds is 12. The van der Waals surface area contributed by atoms with Crippen molar-refractivity contribution in [1.29, 1.82) is 0 Å². The van der Waals surface area contributed by atoms with E-state index in [1.165, 1.54) is 25.1 Å². The Morgan fingerprint density at radius 2 is 1.97 bits per heavy atom. The first-order valence-electron chi connectivity index (χ1n) is 10.8. The molecule has 0 aliphatic carbocycles. The highest BCUT2D eigenvalue weighted by Crippen LogP contribution is 2.19. The molecule has 0 bridgehead atoms. The number of aldehydes is 1. The minimum absolute atomic E-state index is 0.0776. The summed E-state index contributed by atoms with van der Waals surface area (Å²) in [6.07, 6.45) is 1.68. The zero-order chi connectivity index (χ0) is 26.2. The number of aromatic nitrogens is 1. The van der Waals surface area contributed by atoms with Crippen molar-refractivity contribution < 1.29 is 22.4 Å². The maximum Gasteiger partial charge on any atom is 0.275 e. The fourth-order valence-corrected chi connectivity index (χ4v) is 4.64. The summed E-state index contributed by atoms with van der Waals surface area (Å²) in [4.78, 5) is 40.4. The van der Waals surface area contributed by atoms with E-state index in [1.807, 2.05) is 0 Å². The molecule has 11 nitrogen and oxygen atoms in total. The van der Waals surface area contributed by atoms with E-state index >= 15 is 0 Å². The Hall–Kier alpha value is -3.74. The first kappa shape index (κ1) is 27.5. The number of sulfonamides is 1. The van der Waals surface area contributed by atoms with E-state index in [0.717, 1.165) is 16.7 Å². The first-order chi connectivity index (χ1) is 16.5. The number of hydrogen-bond donors (Lipinski definition) is 4. The number of anilines is 1. The third-order valence-corrected chi connectivity index (χ3v) is 6.60. The Kier molecular flexibility index (Phi) is 9.51. The number of amides is 1. The van der Waals surface area contributed by atoms with Crippen molar-refractivity contribution in [3.05, 3.63) is 57.8 Å². The van der Waals surface area contributed by atoms with Crippen LogP contribution < -0.4 is 27.1 Å². The lowest BCUT2D eigenvalue weighted by molar-refractivity contribution is -0.124. The zero-order valence-corrected chi connectivity index (χ0v) is 20.3. The molecule has 0 radical (unpaired) electrons. The van der Waals surface area contributed by atoms with E-state index in [9.17, 15) is 27.2 Å². The Labute approximate surface area is 202 Å². The number of hydrogen-bond acceptors (Lipinski definition) is 6. The van der Waals surface area contributed by atoms with Gasteiger partial charge in [-0.3, -0.25) is 19.3 Å². The van der Waals surface area contributed by atoms with Crippen LogP contribution in [0.2, 0.25) is 0 Å². The van der Waals surface area contributed by atoms with E-state index in [2.05, 4.69) is 15.0 Å². The number of guanidine groups is 1. The molecule has 2 aromatic rings. The Balaban J connectivity index is 2.23. The van der Waals surface area contributed by atoms with Crippen molar-refractivity contribution in [3.63, 3.8) is 0 Å². The van der Waals surface area contributed by atoms with Gasteiger partial charge in [0.15, 0.2) is 5.96 Å². The molecule has 1 amide bonds. The smallest absolute Gasteiger partial charge is 0.275 e. The van der Waals surface area contributed by atoms with Crippen LogP contribution in [0.15, 0.2) is 45.0 Å². The lowest BCUT2D eigenvalue weighted by Gasteiger charge is -2.17. The molecular formula is C22H29FN6O5S. The summed E-state index contributed by atoms with van der Waals surface area (Å²) >= 11 is 0. The van der Waals surface area contributed by atoms with Crippen LogP contribution >= 0.6 is 0 Å². The van der Waals surface area contributed by atoms with Gasteiger partial charge in [-0.05, 0) is 56.0 Å². The van der Waals surface area contributed by atoms with Gasteiger partial charge in [0.25, 0.3) is 15.6 Å². The lowest BCUT2D eigenvalue weighted by atomic mass is 10.1.